The number of hydrogen-bond acceptors (Lipinski definition) is 6. The molecule has 170 valence electrons. The predicted octanol–water partition coefficient (Wildman–Crippen LogP) is 3.25. The molecule has 1 aliphatic heterocycles. The molecular formula is C23H26N2O6S. The molecule has 1 unspecified atom stereocenters. The first-order chi connectivity index (χ1) is 15.2. The molecule has 2 aromatic carbocycles. The molecule has 0 bridgehead atoms. The Morgan fingerprint density at radius 1 is 0.969 bits per heavy atom. The van der Waals surface area contributed by atoms with Gasteiger partial charge in [0.2, 0.25) is 10.0 Å². The number of carbonyl (C=O) groups is 3. The number of carbonyl (C=O) groups excluding carboxylic acids is 3. The minimum Gasteiger partial charge on any atom is -0.449 e. The van der Waals surface area contributed by atoms with Crippen molar-refractivity contribution in [2.24, 2.45) is 0 Å². The minimum atomic E-state index is -3.85. The summed E-state index contributed by atoms with van der Waals surface area (Å²) in [6.07, 6.45) is 1.35. The van der Waals surface area contributed by atoms with Crippen LogP contribution in [0, 0.1) is 0 Å². The van der Waals surface area contributed by atoms with E-state index in [-0.39, 0.29) is 16.2 Å². The van der Waals surface area contributed by atoms with Gasteiger partial charge in [0, 0.05) is 24.3 Å². The van der Waals surface area contributed by atoms with E-state index in [1.165, 1.54) is 30.3 Å². The first-order valence-electron chi connectivity index (χ1n) is 10.4. The van der Waals surface area contributed by atoms with Crippen molar-refractivity contribution in [3.8, 4) is 0 Å². The van der Waals surface area contributed by atoms with Gasteiger partial charge in [-0.05, 0) is 63.1 Å². The minimum absolute atomic E-state index is 0.0941. The van der Waals surface area contributed by atoms with Crippen molar-refractivity contribution in [1.29, 1.82) is 0 Å². The monoisotopic (exact) mass is 458 g/mol. The standard InChI is InChI=1S/C23H26N2O6S/c1-16(26)18-10-12-19(13-11-18)24-22(27)17(2)31-23(28)20-8-4-5-9-21(20)32(29,30)25-14-6-3-7-15-25/h4-5,8-13,17H,3,6-7,14-15H2,1-2H3,(H,24,27). The number of ketones is 1. The summed E-state index contributed by atoms with van der Waals surface area (Å²) in [4.78, 5) is 36.4. The zero-order valence-electron chi connectivity index (χ0n) is 18.0. The zero-order valence-corrected chi connectivity index (χ0v) is 18.9. The lowest BCUT2D eigenvalue weighted by Gasteiger charge is -2.26. The molecule has 1 fully saturated rings. The van der Waals surface area contributed by atoms with Crippen LogP contribution in [0.15, 0.2) is 53.4 Å². The lowest BCUT2D eigenvalue weighted by molar-refractivity contribution is -0.123. The molecule has 1 saturated heterocycles. The van der Waals surface area contributed by atoms with Gasteiger partial charge in [-0.25, -0.2) is 13.2 Å². The molecule has 0 aliphatic carbocycles. The number of rotatable bonds is 7. The third-order valence-corrected chi connectivity index (χ3v) is 7.21. The smallest absolute Gasteiger partial charge is 0.340 e. The molecule has 0 spiro atoms. The second kappa shape index (κ2) is 10.1. The van der Waals surface area contributed by atoms with Gasteiger partial charge in [0.1, 0.15) is 0 Å². The van der Waals surface area contributed by atoms with Gasteiger partial charge in [0.25, 0.3) is 5.91 Å². The number of benzene rings is 2. The summed E-state index contributed by atoms with van der Waals surface area (Å²) in [5.74, 6) is -1.57. The van der Waals surface area contributed by atoms with E-state index in [4.69, 9.17) is 4.74 Å². The molecule has 0 aromatic heterocycles. The highest BCUT2D eigenvalue weighted by atomic mass is 32.2. The van der Waals surface area contributed by atoms with E-state index in [1.54, 1.807) is 36.4 Å². The summed E-state index contributed by atoms with van der Waals surface area (Å²) in [5.41, 5.74) is 0.841. The molecule has 1 heterocycles. The first kappa shape index (κ1) is 23.6. The number of Topliss-reactive ketones (excluding diaryl/α,β-unsaturated/α-hetero) is 1. The maximum absolute atomic E-state index is 13.1. The van der Waals surface area contributed by atoms with Gasteiger partial charge in [-0.1, -0.05) is 18.6 Å². The fourth-order valence-electron chi connectivity index (χ4n) is 3.41. The number of anilines is 1. The van der Waals surface area contributed by atoms with Crippen molar-refractivity contribution in [1.82, 2.24) is 4.31 Å². The first-order valence-corrected chi connectivity index (χ1v) is 11.9. The van der Waals surface area contributed by atoms with E-state index in [0.29, 0.717) is 24.3 Å². The van der Waals surface area contributed by atoms with Crippen molar-refractivity contribution in [2.45, 2.75) is 44.1 Å². The Balaban J connectivity index is 1.71. The SMILES string of the molecule is CC(=O)c1ccc(NC(=O)C(C)OC(=O)c2ccccc2S(=O)(=O)N2CCCCC2)cc1. The number of hydrogen-bond donors (Lipinski definition) is 1. The Morgan fingerprint density at radius 3 is 2.22 bits per heavy atom. The van der Waals surface area contributed by atoms with Crippen LogP contribution in [-0.2, 0) is 19.6 Å². The maximum atomic E-state index is 13.1. The molecule has 9 heteroatoms. The highest BCUT2D eigenvalue weighted by molar-refractivity contribution is 7.89. The van der Waals surface area contributed by atoms with E-state index in [0.717, 1.165) is 19.3 Å². The fourth-order valence-corrected chi connectivity index (χ4v) is 5.11. The summed E-state index contributed by atoms with van der Waals surface area (Å²) in [5, 5.41) is 2.61. The Hall–Kier alpha value is -3.04. The van der Waals surface area contributed by atoms with Crippen LogP contribution in [0.5, 0.6) is 0 Å². The number of amides is 1. The van der Waals surface area contributed by atoms with E-state index in [2.05, 4.69) is 5.32 Å². The van der Waals surface area contributed by atoms with Gasteiger partial charge < -0.3 is 10.1 Å². The van der Waals surface area contributed by atoms with Crippen molar-refractivity contribution < 1.29 is 27.5 Å². The van der Waals surface area contributed by atoms with Gasteiger partial charge in [0.05, 0.1) is 10.5 Å². The molecule has 1 aliphatic rings. The quantitative estimate of drug-likeness (QED) is 0.504. The van der Waals surface area contributed by atoms with Gasteiger partial charge in [-0.2, -0.15) is 4.31 Å². The highest BCUT2D eigenvalue weighted by Crippen LogP contribution is 2.24. The zero-order chi connectivity index (χ0) is 23.3. The Labute approximate surface area is 187 Å². The van der Waals surface area contributed by atoms with Crippen LogP contribution in [0.1, 0.15) is 53.8 Å². The molecule has 32 heavy (non-hydrogen) atoms. The van der Waals surface area contributed by atoms with E-state index >= 15 is 0 Å². The molecule has 8 nitrogen and oxygen atoms in total. The summed E-state index contributed by atoms with van der Waals surface area (Å²) in [7, 11) is -3.85. The van der Waals surface area contributed by atoms with Crippen molar-refractivity contribution >= 4 is 33.4 Å². The number of ether oxygens (including phenoxy) is 1. The Morgan fingerprint density at radius 2 is 1.59 bits per heavy atom. The van der Waals surface area contributed by atoms with Gasteiger partial charge in [0.15, 0.2) is 11.9 Å². The third-order valence-electron chi connectivity index (χ3n) is 5.25. The molecule has 0 saturated carbocycles. The number of esters is 1. The van der Waals surface area contributed by atoms with E-state index in [9.17, 15) is 22.8 Å². The average Bonchev–Trinajstić information content (AvgIpc) is 2.80. The van der Waals surface area contributed by atoms with Crippen LogP contribution in [0.25, 0.3) is 0 Å². The predicted molar refractivity (Wildman–Crippen MR) is 119 cm³/mol. The molecule has 1 N–H and O–H groups in total. The largest absolute Gasteiger partial charge is 0.449 e. The third kappa shape index (κ3) is 5.41. The Bertz CT molecular complexity index is 1110. The van der Waals surface area contributed by atoms with Crippen LogP contribution in [0.2, 0.25) is 0 Å². The molecule has 0 radical (unpaired) electrons. The van der Waals surface area contributed by atoms with Crippen LogP contribution < -0.4 is 5.32 Å². The average molecular weight is 459 g/mol. The highest BCUT2D eigenvalue weighted by Gasteiger charge is 2.31. The van der Waals surface area contributed by atoms with Crippen LogP contribution in [-0.4, -0.2) is 49.6 Å². The van der Waals surface area contributed by atoms with Crippen LogP contribution in [0.4, 0.5) is 5.69 Å². The normalized spacial score (nSPS) is 15.6. The lowest BCUT2D eigenvalue weighted by atomic mass is 10.1. The van der Waals surface area contributed by atoms with E-state index < -0.39 is 28.0 Å². The van der Waals surface area contributed by atoms with Gasteiger partial charge in [-0.15, -0.1) is 0 Å². The molecular weight excluding hydrogens is 432 g/mol. The van der Waals surface area contributed by atoms with Crippen molar-refractivity contribution in [3.05, 3.63) is 59.7 Å². The Kier molecular flexibility index (Phi) is 7.42. The van der Waals surface area contributed by atoms with Gasteiger partial charge >= 0.3 is 5.97 Å². The fraction of sp³-hybridized carbons (Fsp3) is 0.348. The number of piperidine rings is 1. The number of sulfonamides is 1. The molecule has 2 aromatic rings. The molecule has 1 amide bonds. The summed E-state index contributed by atoms with van der Waals surface area (Å²) < 4.78 is 32.8. The van der Waals surface area contributed by atoms with E-state index in [1.807, 2.05) is 0 Å². The van der Waals surface area contributed by atoms with Gasteiger partial charge in [-0.3, -0.25) is 9.59 Å². The topological polar surface area (TPSA) is 110 Å². The second-order valence-electron chi connectivity index (χ2n) is 7.63. The summed E-state index contributed by atoms with van der Waals surface area (Å²) in [6, 6.07) is 12.2. The molecule has 1 atom stereocenters. The second-order valence-corrected chi connectivity index (χ2v) is 9.54. The summed E-state index contributed by atoms with van der Waals surface area (Å²) in [6.45, 7) is 3.66. The lowest BCUT2D eigenvalue weighted by Crippen LogP contribution is -2.36. The summed E-state index contributed by atoms with van der Waals surface area (Å²) >= 11 is 0. The maximum Gasteiger partial charge on any atom is 0.340 e. The van der Waals surface area contributed by atoms with Crippen molar-refractivity contribution in [3.63, 3.8) is 0 Å². The van der Waals surface area contributed by atoms with Crippen molar-refractivity contribution in [2.75, 3.05) is 18.4 Å². The van der Waals surface area contributed by atoms with Crippen LogP contribution in [0.3, 0.4) is 0 Å². The number of nitrogens with zero attached hydrogens (tertiary/aromatic N) is 1. The molecule has 3 rings (SSSR count). The van der Waals surface area contributed by atoms with Crippen LogP contribution >= 0.6 is 0 Å². The number of nitrogens with one attached hydrogen (secondary N) is 1.